The van der Waals surface area contributed by atoms with E-state index < -0.39 is 0 Å². The molecule has 0 fully saturated rings. The first kappa shape index (κ1) is 13.7. The number of rotatable bonds is 6. The molecule has 2 aromatic heterocycles. The maximum absolute atomic E-state index is 5.92. The van der Waals surface area contributed by atoms with Gasteiger partial charge in [0.2, 0.25) is 5.88 Å². The summed E-state index contributed by atoms with van der Waals surface area (Å²) in [5.41, 5.74) is 3.02. The topological polar surface area (TPSA) is 63.1 Å². The summed E-state index contributed by atoms with van der Waals surface area (Å²) in [6.45, 7) is 6.09. The molecule has 0 saturated heterocycles. The van der Waals surface area contributed by atoms with Crippen molar-refractivity contribution in [2.24, 2.45) is 0 Å². The monoisotopic (exact) mass is 285 g/mol. The van der Waals surface area contributed by atoms with Crippen molar-refractivity contribution >= 4 is 11.0 Å². The molecule has 0 aliphatic heterocycles. The lowest BCUT2D eigenvalue weighted by Crippen LogP contribution is -2.13. The van der Waals surface area contributed by atoms with Crippen LogP contribution in [0, 0.1) is 6.92 Å². The van der Waals surface area contributed by atoms with Crippen LogP contribution < -0.4 is 10.1 Å². The van der Waals surface area contributed by atoms with Crippen molar-refractivity contribution in [1.82, 2.24) is 15.5 Å². The highest BCUT2D eigenvalue weighted by atomic mass is 16.5. The van der Waals surface area contributed by atoms with Crippen molar-refractivity contribution in [1.29, 1.82) is 0 Å². The van der Waals surface area contributed by atoms with Crippen molar-refractivity contribution in [3.05, 3.63) is 47.3 Å². The zero-order chi connectivity index (χ0) is 14.7. The smallest absolute Gasteiger partial charge is 0.233 e. The third kappa shape index (κ3) is 2.92. The van der Waals surface area contributed by atoms with Gasteiger partial charge >= 0.3 is 0 Å². The van der Waals surface area contributed by atoms with Crippen LogP contribution in [0.1, 0.15) is 23.9 Å². The van der Waals surface area contributed by atoms with Crippen LogP contribution in [0.4, 0.5) is 0 Å². The van der Waals surface area contributed by atoms with Crippen LogP contribution in [-0.4, -0.2) is 16.7 Å². The van der Waals surface area contributed by atoms with Crippen molar-refractivity contribution in [2.45, 2.75) is 27.0 Å². The van der Waals surface area contributed by atoms with E-state index in [-0.39, 0.29) is 0 Å². The first-order valence-electron chi connectivity index (χ1n) is 7.12. The fourth-order valence-electron chi connectivity index (χ4n) is 2.32. The summed E-state index contributed by atoms with van der Waals surface area (Å²) in [4.78, 5) is 0. The Morgan fingerprint density at radius 1 is 1.33 bits per heavy atom. The predicted molar refractivity (Wildman–Crippen MR) is 81.3 cm³/mol. The van der Waals surface area contributed by atoms with E-state index in [4.69, 9.17) is 9.15 Å². The molecule has 0 spiro atoms. The molecular formula is C16H19N3O2. The molecule has 0 aliphatic rings. The molecule has 3 rings (SSSR count). The molecule has 1 aromatic carbocycles. The Balaban J connectivity index is 1.85. The van der Waals surface area contributed by atoms with Crippen LogP contribution >= 0.6 is 0 Å². The van der Waals surface area contributed by atoms with E-state index in [0.717, 1.165) is 41.1 Å². The first-order chi connectivity index (χ1) is 10.3. The second-order valence-corrected chi connectivity index (χ2v) is 4.96. The minimum absolute atomic E-state index is 0.375. The molecule has 0 bridgehead atoms. The largest absolute Gasteiger partial charge is 0.468 e. The molecule has 21 heavy (non-hydrogen) atoms. The molecule has 3 aromatic rings. The van der Waals surface area contributed by atoms with Gasteiger partial charge in [-0.15, -0.1) is 5.10 Å². The van der Waals surface area contributed by atoms with Crippen LogP contribution in [0.5, 0.6) is 5.88 Å². The van der Waals surface area contributed by atoms with Crippen molar-refractivity contribution in [2.75, 3.05) is 6.54 Å². The molecule has 2 heterocycles. The molecule has 0 amide bonds. The number of hydrogen-bond acceptors (Lipinski definition) is 4. The third-order valence-corrected chi connectivity index (χ3v) is 3.37. The number of benzene rings is 1. The fraction of sp³-hybridized carbons (Fsp3) is 0.312. The average molecular weight is 285 g/mol. The van der Waals surface area contributed by atoms with Crippen molar-refractivity contribution in [3.8, 4) is 5.88 Å². The number of furan rings is 1. The number of nitrogens with one attached hydrogen (secondary N) is 2. The van der Waals surface area contributed by atoms with Crippen LogP contribution in [-0.2, 0) is 13.2 Å². The van der Waals surface area contributed by atoms with Crippen LogP contribution in [0.15, 0.2) is 34.7 Å². The Morgan fingerprint density at radius 3 is 2.95 bits per heavy atom. The molecule has 110 valence electrons. The van der Waals surface area contributed by atoms with E-state index in [2.05, 4.69) is 28.5 Å². The van der Waals surface area contributed by atoms with Gasteiger partial charge in [-0.05, 0) is 19.5 Å². The van der Waals surface area contributed by atoms with Crippen LogP contribution in [0.25, 0.3) is 11.0 Å². The maximum Gasteiger partial charge on any atom is 0.233 e. The van der Waals surface area contributed by atoms with Gasteiger partial charge in [-0.1, -0.05) is 25.1 Å². The Hall–Kier alpha value is -2.27. The lowest BCUT2D eigenvalue weighted by molar-refractivity contribution is 0.262. The number of aryl methyl sites for hydroxylation is 1. The number of nitrogens with zero attached hydrogens (tertiary/aromatic N) is 1. The highest BCUT2D eigenvalue weighted by molar-refractivity contribution is 5.82. The second kappa shape index (κ2) is 6.01. The minimum atomic E-state index is 0.375. The standard InChI is InChI=1S/C16H19N3O2/c1-3-17-9-13-12-6-4-5-7-14(12)21-15(13)10-20-16-8-11(2)18-19-16/h4-8,17H,3,9-10H2,1-2H3,(H,18,19). The van der Waals surface area contributed by atoms with Gasteiger partial charge in [0.05, 0.1) is 0 Å². The Labute approximate surface area is 123 Å². The summed E-state index contributed by atoms with van der Waals surface area (Å²) in [7, 11) is 0. The summed E-state index contributed by atoms with van der Waals surface area (Å²) in [5, 5.41) is 11.4. The Kier molecular flexibility index (Phi) is 3.92. The normalized spacial score (nSPS) is 11.1. The molecule has 0 unspecified atom stereocenters. The predicted octanol–water partition coefficient (Wildman–Crippen LogP) is 3.15. The molecule has 0 saturated carbocycles. The Bertz CT molecular complexity index is 730. The molecular weight excluding hydrogens is 266 g/mol. The van der Waals surface area contributed by atoms with Gasteiger partial charge in [0.25, 0.3) is 0 Å². The third-order valence-electron chi connectivity index (χ3n) is 3.37. The van der Waals surface area contributed by atoms with Gasteiger partial charge in [0.1, 0.15) is 18.0 Å². The van der Waals surface area contributed by atoms with Gasteiger partial charge in [0.15, 0.2) is 0 Å². The highest BCUT2D eigenvalue weighted by Gasteiger charge is 2.14. The summed E-state index contributed by atoms with van der Waals surface area (Å²) in [5.74, 6) is 1.43. The van der Waals surface area contributed by atoms with E-state index in [0.29, 0.717) is 12.5 Å². The summed E-state index contributed by atoms with van der Waals surface area (Å²) >= 11 is 0. The molecule has 2 N–H and O–H groups in total. The summed E-state index contributed by atoms with van der Waals surface area (Å²) < 4.78 is 11.6. The summed E-state index contributed by atoms with van der Waals surface area (Å²) in [6, 6.07) is 9.92. The number of ether oxygens (including phenoxy) is 1. The molecule has 5 nitrogen and oxygen atoms in total. The van der Waals surface area contributed by atoms with Gasteiger partial charge in [-0.3, -0.25) is 5.10 Å². The van der Waals surface area contributed by atoms with E-state index in [1.807, 2.05) is 31.2 Å². The minimum Gasteiger partial charge on any atom is -0.468 e. The number of fused-ring (bicyclic) bond motifs is 1. The van der Waals surface area contributed by atoms with Crippen molar-refractivity contribution in [3.63, 3.8) is 0 Å². The van der Waals surface area contributed by atoms with E-state index >= 15 is 0 Å². The van der Waals surface area contributed by atoms with Gasteiger partial charge < -0.3 is 14.5 Å². The number of aromatic nitrogens is 2. The lowest BCUT2D eigenvalue weighted by atomic mass is 10.1. The van der Waals surface area contributed by atoms with E-state index in [1.54, 1.807) is 0 Å². The average Bonchev–Trinajstić information content (AvgIpc) is 3.06. The maximum atomic E-state index is 5.92. The van der Waals surface area contributed by atoms with E-state index in [1.165, 1.54) is 0 Å². The molecule has 0 radical (unpaired) electrons. The Morgan fingerprint density at radius 2 is 2.19 bits per heavy atom. The lowest BCUT2D eigenvalue weighted by Gasteiger charge is -2.04. The van der Waals surface area contributed by atoms with Gasteiger partial charge in [-0.25, -0.2) is 0 Å². The summed E-state index contributed by atoms with van der Waals surface area (Å²) in [6.07, 6.45) is 0. The van der Waals surface area contributed by atoms with E-state index in [9.17, 15) is 0 Å². The SMILES string of the molecule is CCNCc1c(COc2cc(C)[nH]n2)oc2ccccc12. The number of H-pyrrole nitrogens is 1. The van der Waals surface area contributed by atoms with Gasteiger partial charge in [-0.2, -0.15) is 0 Å². The quantitative estimate of drug-likeness (QED) is 0.730. The molecule has 0 atom stereocenters. The van der Waals surface area contributed by atoms with Crippen LogP contribution in [0.2, 0.25) is 0 Å². The second-order valence-electron chi connectivity index (χ2n) is 4.96. The molecule has 5 heteroatoms. The number of para-hydroxylation sites is 1. The highest BCUT2D eigenvalue weighted by Crippen LogP contribution is 2.26. The van der Waals surface area contributed by atoms with Crippen LogP contribution in [0.3, 0.4) is 0 Å². The number of aromatic amines is 1. The molecule has 0 aliphatic carbocycles. The van der Waals surface area contributed by atoms with Crippen molar-refractivity contribution < 1.29 is 9.15 Å². The number of hydrogen-bond donors (Lipinski definition) is 2. The van der Waals surface area contributed by atoms with Gasteiger partial charge in [0, 0.05) is 29.3 Å². The first-order valence-corrected chi connectivity index (χ1v) is 7.12. The zero-order valence-corrected chi connectivity index (χ0v) is 12.3. The fourth-order valence-corrected chi connectivity index (χ4v) is 2.32. The zero-order valence-electron chi connectivity index (χ0n) is 12.3.